The van der Waals surface area contributed by atoms with E-state index < -0.39 is 5.97 Å². The molecule has 0 saturated heterocycles. The van der Waals surface area contributed by atoms with Gasteiger partial charge in [0, 0.05) is 18.7 Å². The van der Waals surface area contributed by atoms with Gasteiger partial charge in [0.05, 0.1) is 6.42 Å². The summed E-state index contributed by atoms with van der Waals surface area (Å²) >= 11 is 0. The van der Waals surface area contributed by atoms with Gasteiger partial charge in [-0.2, -0.15) is 0 Å². The maximum Gasteiger partial charge on any atom is 0.305 e. The minimum Gasteiger partial charge on any atom is -0.481 e. The molecule has 0 bridgehead atoms. The molecular weight excluding hydrogens is 224 g/mol. The summed E-state index contributed by atoms with van der Waals surface area (Å²) in [4.78, 5) is 31.5. The first-order valence-corrected chi connectivity index (χ1v) is 5.08. The van der Waals surface area contributed by atoms with Crippen molar-refractivity contribution in [2.24, 2.45) is 0 Å². The molecule has 2 amide bonds. The second-order valence-electron chi connectivity index (χ2n) is 3.34. The van der Waals surface area contributed by atoms with E-state index >= 15 is 0 Å². The zero-order valence-corrected chi connectivity index (χ0v) is 9.55. The van der Waals surface area contributed by atoms with Crippen LogP contribution in [-0.2, 0) is 14.4 Å². The van der Waals surface area contributed by atoms with Gasteiger partial charge in [0.25, 0.3) is 0 Å². The summed E-state index contributed by atoms with van der Waals surface area (Å²) in [6.07, 6.45) is 6.80. The van der Waals surface area contributed by atoms with Crippen molar-refractivity contribution in [3.05, 3.63) is 24.4 Å². The Morgan fingerprint density at radius 1 is 1.35 bits per heavy atom. The highest BCUT2D eigenvalue weighted by molar-refractivity contribution is 5.78. The largest absolute Gasteiger partial charge is 0.481 e. The van der Waals surface area contributed by atoms with Crippen molar-refractivity contribution in [3.63, 3.8) is 0 Å². The standard InChI is InChI=1S/C11H16N2O4/c1-9(7-11(16)17)13-10(15)5-3-2-4-6-12-8-14/h2-4,6,8-9H,5,7H2,1H3,(H,12,14)(H,13,15)(H,16,17)/b3-2-,6-4-. The minimum absolute atomic E-state index is 0.0986. The Morgan fingerprint density at radius 3 is 2.65 bits per heavy atom. The van der Waals surface area contributed by atoms with Crippen LogP contribution in [0, 0.1) is 0 Å². The minimum atomic E-state index is -0.948. The van der Waals surface area contributed by atoms with E-state index in [-0.39, 0.29) is 24.8 Å². The number of hydrogen-bond acceptors (Lipinski definition) is 3. The summed E-state index contributed by atoms with van der Waals surface area (Å²) in [6, 6.07) is -0.388. The van der Waals surface area contributed by atoms with E-state index in [1.54, 1.807) is 25.2 Å². The van der Waals surface area contributed by atoms with Crippen LogP contribution in [-0.4, -0.2) is 29.4 Å². The molecular formula is C11H16N2O4. The summed E-state index contributed by atoms with van der Waals surface area (Å²) in [7, 11) is 0. The van der Waals surface area contributed by atoms with Gasteiger partial charge in [0.1, 0.15) is 0 Å². The number of hydrogen-bond donors (Lipinski definition) is 3. The van der Waals surface area contributed by atoms with Crippen LogP contribution in [0.3, 0.4) is 0 Å². The summed E-state index contributed by atoms with van der Waals surface area (Å²) in [5.74, 6) is -1.19. The number of amides is 2. The molecule has 94 valence electrons. The summed E-state index contributed by atoms with van der Waals surface area (Å²) in [5.41, 5.74) is 0. The lowest BCUT2D eigenvalue weighted by molar-refractivity contribution is -0.137. The number of carboxylic acid groups (broad SMARTS) is 1. The van der Waals surface area contributed by atoms with E-state index in [9.17, 15) is 14.4 Å². The van der Waals surface area contributed by atoms with E-state index in [1.807, 2.05) is 0 Å². The molecule has 3 N–H and O–H groups in total. The number of aliphatic carboxylic acids is 1. The van der Waals surface area contributed by atoms with Crippen LogP contribution in [0.1, 0.15) is 19.8 Å². The average molecular weight is 240 g/mol. The van der Waals surface area contributed by atoms with Gasteiger partial charge in [0.2, 0.25) is 12.3 Å². The Bertz CT molecular complexity index is 323. The van der Waals surface area contributed by atoms with E-state index in [0.29, 0.717) is 6.41 Å². The second kappa shape index (κ2) is 9.14. The number of nitrogens with one attached hydrogen (secondary N) is 2. The highest BCUT2D eigenvalue weighted by Gasteiger charge is 2.09. The first kappa shape index (κ1) is 14.9. The smallest absolute Gasteiger partial charge is 0.305 e. The zero-order chi connectivity index (χ0) is 13.1. The molecule has 6 nitrogen and oxygen atoms in total. The van der Waals surface area contributed by atoms with Gasteiger partial charge in [-0.1, -0.05) is 12.2 Å². The molecule has 0 aromatic rings. The Kier molecular flexibility index (Phi) is 8.01. The third-order valence-corrected chi connectivity index (χ3v) is 1.70. The molecule has 0 aromatic heterocycles. The molecule has 0 aliphatic carbocycles. The first-order chi connectivity index (χ1) is 8.06. The van der Waals surface area contributed by atoms with Crippen LogP contribution in [0.2, 0.25) is 0 Å². The molecule has 0 heterocycles. The summed E-state index contributed by atoms with van der Waals surface area (Å²) in [5, 5.41) is 13.3. The molecule has 0 saturated carbocycles. The van der Waals surface area contributed by atoms with Crippen molar-refractivity contribution in [1.82, 2.24) is 10.6 Å². The van der Waals surface area contributed by atoms with Crippen molar-refractivity contribution in [2.45, 2.75) is 25.8 Å². The number of allylic oxidation sites excluding steroid dienone is 2. The first-order valence-electron chi connectivity index (χ1n) is 5.08. The highest BCUT2D eigenvalue weighted by atomic mass is 16.4. The number of carboxylic acids is 1. The molecule has 0 fully saturated rings. The molecule has 0 aliphatic rings. The lowest BCUT2D eigenvalue weighted by Gasteiger charge is -2.09. The van der Waals surface area contributed by atoms with Gasteiger partial charge in [-0.15, -0.1) is 0 Å². The van der Waals surface area contributed by atoms with Crippen LogP contribution in [0.5, 0.6) is 0 Å². The Labute approximate surface area is 99.4 Å². The fourth-order valence-electron chi connectivity index (χ4n) is 1.05. The maximum absolute atomic E-state index is 11.3. The quantitative estimate of drug-likeness (QED) is 0.416. The van der Waals surface area contributed by atoms with Crippen LogP contribution in [0.4, 0.5) is 0 Å². The van der Waals surface area contributed by atoms with E-state index in [2.05, 4.69) is 10.6 Å². The Morgan fingerprint density at radius 2 is 2.06 bits per heavy atom. The highest BCUT2D eigenvalue weighted by Crippen LogP contribution is 1.92. The monoisotopic (exact) mass is 240 g/mol. The number of rotatable bonds is 8. The lowest BCUT2D eigenvalue weighted by Crippen LogP contribution is -2.33. The second-order valence-corrected chi connectivity index (χ2v) is 3.34. The Hall–Kier alpha value is -2.11. The van der Waals surface area contributed by atoms with Gasteiger partial charge in [0.15, 0.2) is 0 Å². The molecule has 0 rings (SSSR count). The van der Waals surface area contributed by atoms with Crippen LogP contribution in [0.25, 0.3) is 0 Å². The molecule has 17 heavy (non-hydrogen) atoms. The van der Waals surface area contributed by atoms with Crippen LogP contribution in [0.15, 0.2) is 24.4 Å². The molecule has 6 heteroatoms. The van der Waals surface area contributed by atoms with E-state index in [1.165, 1.54) is 6.20 Å². The van der Waals surface area contributed by atoms with Gasteiger partial charge in [-0.05, 0) is 13.0 Å². The van der Waals surface area contributed by atoms with Gasteiger partial charge >= 0.3 is 5.97 Å². The van der Waals surface area contributed by atoms with Crippen molar-refractivity contribution >= 4 is 18.3 Å². The fourth-order valence-corrected chi connectivity index (χ4v) is 1.05. The van der Waals surface area contributed by atoms with Gasteiger partial charge < -0.3 is 15.7 Å². The van der Waals surface area contributed by atoms with Crippen molar-refractivity contribution in [3.8, 4) is 0 Å². The lowest BCUT2D eigenvalue weighted by atomic mass is 10.2. The van der Waals surface area contributed by atoms with Crippen LogP contribution >= 0.6 is 0 Å². The molecule has 0 aliphatic heterocycles. The third-order valence-electron chi connectivity index (χ3n) is 1.70. The zero-order valence-electron chi connectivity index (χ0n) is 9.55. The van der Waals surface area contributed by atoms with Crippen molar-refractivity contribution in [2.75, 3.05) is 0 Å². The van der Waals surface area contributed by atoms with Crippen molar-refractivity contribution in [1.29, 1.82) is 0 Å². The average Bonchev–Trinajstić information content (AvgIpc) is 2.21. The molecule has 1 unspecified atom stereocenters. The normalized spacial score (nSPS) is 12.5. The molecule has 0 spiro atoms. The Balaban J connectivity index is 3.79. The molecule has 0 aromatic carbocycles. The van der Waals surface area contributed by atoms with Crippen molar-refractivity contribution < 1.29 is 19.5 Å². The SMILES string of the molecule is CC(CC(=O)O)NC(=O)C/C=C\C=C/NC=O. The van der Waals surface area contributed by atoms with Gasteiger partial charge in [-0.25, -0.2) is 0 Å². The third kappa shape index (κ3) is 10.2. The maximum atomic E-state index is 11.3. The summed E-state index contributed by atoms with van der Waals surface area (Å²) < 4.78 is 0. The molecule has 1 atom stereocenters. The van der Waals surface area contributed by atoms with E-state index in [4.69, 9.17) is 5.11 Å². The number of carbonyl (C=O) groups is 3. The topological polar surface area (TPSA) is 95.5 Å². The van der Waals surface area contributed by atoms with Crippen LogP contribution < -0.4 is 10.6 Å². The number of carbonyl (C=O) groups excluding carboxylic acids is 2. The van der Waals surface area contributed by atoms with E-state index in [0.717, 1.165) is 0 Å². The van der Waals surface area contributed by atoms with Gasteiger partial charge in [-0.3, -0.25) is 14.4 Å². The molecule has 0 radical (unpaired) electrons. The predicted molar refractivity (Wildman–Crippen MR) is 62.0 cm³/mol. The predicted octanol–water partition coefficient (Wildman–Crippen LogP) is 0.172. The fraction of sp³-hybridized carbons (Fsp3) is 0.364. The summed E-state index contributed by atoms with van der Waals surface area (Å²) in [6.45, 7) is 1.63.